The molecular formula is C28H38N2O4. The molecule has 3 rings (SSSR count). The summed E-state index contributed by atoms with van der Waals surface area (Å²) in [6, 6.07) is 6.65. The molecule has 1 fully saturated rings. The summed E-state index contributed by atoms with van der Waals surface area (Å²) in [7, 11) is 0. The largest absolute Gasteiger partial charge is 0.490 e. The molecule has 1 aliphatic carbocycles. The maximum atomic E-state index is 13.7. The van der Waals surface area contributed by atoms with Gasteiger partial charge in [-0.05, 0) is 75.1 Å². The van der Waals surface area contributed by atoms with Gasteiger partial charge >= 0.3 is 0 Å². The average Bonchev–Trinajstić information content (AvgIpc) is 3.53. The van der Waals surface area contributed by atoms with Crippen molar-refractivity contribution >= 4 is 23.3 Å². The molecular weight excluding hydrogens is 428 g/mol. The Morgan fingerprint density at radius 1 is 1.06 bits per heavy atom. The minimum Gasteiger partial charge on any atom is -0.490 e. The van der Waals surface area contributed by atoms with Crippen molar-refractivity contribution in [1.29, 1.82) is 0 Å². The molecule has 2 aliphatic rings. The van der Waals surface area contributed by atoms with Crippen molar-refractivity contribution in [3.63, 3.8) is 0 Å². The number of hydrogen-bond donors (Lipinski definition) is 1. The standard InChI is InChI=1S/C28H38N2O4/c1-17(2)13-14-34-22-11-7-20(8-12-22)25-23(15-18(3)4)27(32)30(28(25)33)24(16-19(5)6)26(31)29-21-9-10-21/h7-8,11-13,18-19,21,24H,9-10,14-16H2,1-6H3,(H,29,31). The number of hydrogen-bond acceptors (Lipinski definition) is 4. The molecule has 184 valence electrons. The van der Waals surface area contributed by atoms with Gasteiger partial charge in [0.15, 0.2) is 0 Å². The van der Waals surface area contributed by atoms with E-state index in [1.165, 1.54) is 10.5 Å². The number of nitrogens with one attached hydrogen (secondary N) is 1. The molecule has 1 aromatic rings. The molecule has 34 heavy (non-hydrogen) atoms. The van der Waals surface area contributed by atoms with Gasteiger partial charge in [0.2, 0.25) is 5.91 Å². The van der Waals surface area contributed by atoms with Gasteiger partial charge in [-0.3, -0.25) is 19.3 Å². The van der Waals surface area contributed by atoms with Crippen molar-refractivity contribution in [2.24, 2.45) is 11.8 Å². The van der Waals surface area contributed by atoms with Crippen LogP contribution in [0.25, 0.3) is 5.57 Å². The lowest BCUT2D eigenvalue weighted by Gasteiger charge is -2.27. The van der Waals surface area contributed by atoms with E-state index in [2.05, 4.69) is 5.32 Å². The summed E-state index contributed by atoms with van der Waals surface area (Å²) >= 11 is 0. The first-order valence-corrected chi connectivity index (χ1v) is 12.4. The minimum absolute atomic E-state index is 0.158. The van der Waals surface area contributed by atoms with Crippen LogP contribution in [0.15, 0.2) is 41.5 Å². The molecule has 0 bridgehead atoms. The fourth-order valence-corrected chi connectivity index (χ4v) is 4.10. The second-order valence-corrected chi connectivity index (χ2v) is 10.5. The summed E-state index contributed by atoms with van der Waals surface area (Å²) < 4.78 is 5.74. The van der Waals surface area contributed by atoms with Crippen LogP contribution in [0.2, 0.25) is 0 Å². The van der Waals surface area contributed by atoms with E-state index >= 15 is 0 Å². The first-order chi connectivity index (χ1) is 16.1. The maximum absolute atomic E-state index is 13.7. The molecule has 1 saturated carbocycles. The average molecular weight is 467 g/mol. The SMILES string of the molecule is CC(C)=CCOc1ccc(C2=C(CC(C)C)C(=O)N(C(CC(C)C)C(=O)NC3CC3)C2=O)cc1. The van der Waals surface area contributed by atoms with E-state index in [0.29, 0.717) is 41.9 Å². The van der Waals surface area contributed by atoms with E-state index in [9.17, 15) is 14.4 Å². The van der Waals surface area contributed by atoms with Crippen LogP contribution in [0.5, 0.6) is 5.75 Å². The first-order valence-electron chi connectivity index (χ1n) is 12.4. The molecule has 1 N–H and O–H groups in total. The molecule has 0 saturated heterocycles. The van der Waals surface area contributed by atoms with E-state index in [1.54, 1.807) is 0 Å². The number of carbonyl (C=O) groups is 3. The van der Waals surface area contributed by atoms with Gasteiger partial charge < -0.3 is 10.1 Å². The van der Waals surface area contributed by atoms with Gasteiger partial charge in [-0.1, -0.05) is 45.4 Å². The number of imide groups is 1. The monoisotopic (exact) mass is 466 g/mol. The highest BCUT2D eigenvalue weighted by Crippen LogP contribution is 2.36. The topological polar surface area (TPSA) is 75.7 Å². The molecule has 6 heteroatoms. The minimum atomic E-state index is -0.799. The Balaban J connectivity index is 1.91. The van der Waals surface area contributed by atoms with Gasteiger partial charge in [-0.25, -0.2) is 0 Å². The van der Waals surface area contributed by atoms with E-state index in [4.69, 9.17) is 4.74 Å². The fourth-order valence-electron chi connectivity index (χ4n) is 4.10. The molecule has 1 unspecified atom stereocenters. The van der Waals surface area contributed by atoms with Crippen molar-refractivity contribution in [2.75, 3.05) is 6.61 Å². The van der Waals surface area contributed by atoms with E-state index in [-0.39, 0.29) is 35.6 Å². The van der Waals surface area contributed by atoms with Crippen LogP contribution in [0.3, 0.4) is 0 Å². The molecule has 1 atom stereocenters. The van der Waals surface area contributed by atoms with Gasteiger partial charge in [-0.15, -0.1) is 0 Å². The third-order valence-corrected chi connectivity index (χ3v) is 5.94. The number of benzene rings is 1. The van der Waals surface area contributed by atoms with Crippen LogP contribution < -0.4 is 10.1 Å². The number of rotatable bonds is 11. The van der Waals surface area contributed by atoms with Crippen LogP contribution in [0.4, 0.5) is 0 Å². The van der Waals surface area contributed by atoms with E-state index in [0.717, 1.165) is 12.8 Å². The second kappa shape index (κ2) is 11.0. The summed E-state index contributed by atoms with van der Waals surface area (Å²) in [5.74, 6) is 0.0979. The van der Waals surface area contributed by atoms with Gasteiger partial charge in [0.1, 0.15) is 18.4 Å². The van der Waals surface area contributed by atoms with Gasteiger partial charge in [0.25, 0.3) is 11.8 Å². The zero-order valence-electron chi connectivity index (χ0n) is 21.3. The van der Waals surface area contributed by atoms with Crippen LogP contribution >= 0.6 is 0 Å². The van der Waals surface area contributed by atoms with E-state index < -0.39 is 6.04 Å². The Labute approximate surface area is 203 Å². The van der Waals surface area contributed by atoms with Crippen LogP contribution in [-0.4, -0.2) is 41.3 Å². The molecule has 1 aromatic carbocycles. The Kier molecular flexibility index (Phi) is 8.34. The van der Waals surface area contributed by atoms with Gasteiger partial charge in [-0.2, -0.15) is 0 Å². The zero-order valence-corrected chi connectivity index (χ0v) is 21.3. The Hall–Kier alpha value is -2.89. The quantitative estimate of drug-likeness (QED) is 0.372. The molecule has 0 aromatic heterocycles. The molecule has 0 radical (unpaired) electrons. The molecule has 6 nitrogen and oxygen atoms in total. The predicted molar refractivity (Wildman–Crippen MR) is 134 cm³/mol. The summed E-state index contributed by atoms with van der Waals surface area (Å²) in [6.07, 6.45) is 4.82. The zero-order chi connectivity index (χ0) is 25.0. The number of allylic oxidation sites excluding steroid dienone is 1. The van der Waals surface area contributed by atoms with Crippen LogP contribution in [0, 0.1) is 11.8 Å². The fraction of sp³-hybridized carbons (Fsp3) is 0.536. The van der Waals surface area contributed by atoms with Crippen molar-refractivity contribution in [3.8, 4) is 5.75 Å². The lowest BCUT2D eigenvalue weighted by atomic mass is 9.95. The summed E-state index contributed by atoms with van der Waals surface area (Å²) in [6.45, 7) is 12.6. The number of amides is 3. The first kappa shape index (κ1) is 25.7. The smallest absolute Gasteiger partial charge is 0.262 e. The number of nitrogens with zero attached hydrogens (tertiary/aromatic N) is 1. The van der Waals surface area contributed by atoms with Crippen LogP contribution in [-0.2, 0) is 14.4 Å². The number of carbonyl (C=O) groups excluding carboxylic acids is 3. The van der Waals surface area contributed by atoms with E-state index in [1.807, 2.05) is 71.9 Å². The Bertz CT molecular complexity index is 980. The third kappa shape index (κ3) is 6.37. The second-order valence-electron chi connectivity index (χ2n) is 10.5. The highest BCUT2D eigenvalue weighted by atomic mass is 16.5. The normalized spacial score (nSPS) is 17.0. The lowest BCUT2D eigenvalue weighted by molar-refractivity contribution is -0.146. The van der Waals surface area contributed by atoms with Crippen molar-refractivity contribution in [3.05, 3.63) is 47.1 Å². The lowest BCUT2D eigenvalue weighted by Crippen LogP contribution is -2.51. The highest BCUT2D eigenvalue weighted by molar-refractivity contribution is 6.36. The van der Waals surface area contributed by atoms with Crippen LogP contribution in [0.1, 0.15) is 72.8 Å². The summed E-state index contributed by atoms with van der Waals surface area (Å²) in [5, 5.41) is 3.00. The number of ether oxygens (including phenoxy) is 1. The predicted octanol–water partition coefficient (Wildman–Crippen LogP) is 4.89. The third-order valence-electron chi connectivity index (χ3n) is 5.94. The van der Waals surface area contributed by atoms with Crippen molar-refractivity contribution < 1.29 is 19.1 Å². The van der Waals surface area contributed by atoms with Crippen molar-refractivity contribution in [2.45, 2.75) is 79.3 Å². The molecule has 1 aliphatic heterocycles. The molecule has 3 amide bonds. The molecule has 0 spiro atoms. The maximum Gasteiger partial charge on any atom is 0.262 e. The van der Waals surface area contributed by atoms with Gasteiger partial charge in [0.05, 0.1) is 5.57 Å². The van der Waals surface area contributed by atoms with Crippen molar-refractivity contribution in [1.82, 2.24) is 10.2 Å². The summed E-state index contributed by atoms with van der Waals surface area (Å²) in [4.78, 5) is 41.6. The summed E-state index contributed by atoms with van der Waals surface area (Å²) in [5.41, 5.74) is 2.75. The van der Waals surface area contributed by atoms with Gasteiger partial charge in [0, 0.05) is 11.6 Å². The Morgan fingerprint density at radius 3 is 2.24 bits per heavy atom. The Morgan fingerprint density at radius 2 is 1.71 bits per heavy atom. The molecule has 1 heterocycles. The highest BCUT2D eigenvalue weighted by Gasteiger charge is 2.45.